The van der Waals surface area contributed by atoms with E-state index in [-0.39, 0.29) is 5.91 Å². The van der Waals surface area contributed by atoms with Gasteiger partial charge in [-0.2, -0.15) is 5.10 Å². The number of rotatable bonds is 6. The molecule has 0 aliphatic rings. The van der Waals surface area contributed by atoms with Crippen molar-refractivity contribution in [3.05, 3.63) is 77.0 Å². The number of aryl methyl sites for hydroxylation is 2. The number of ether oxygens (including phenoxy) is 1. The zero-order chi connectivity index (χ0) is 21.8. The summed E-state index contributed by atoms with van der Waals surface area (Å²) in [6.45, 7) is 6.16. The fraction of sp³-hybridized carbons (Fsp3) is 0.292. The third kappa shape index (κ3) is 4.76. The first-order valence-electron chi connectivity index (χ1n) is 9.87. The SMILES string of the molecule is Cc1ccc(-c2nn(Cc3ccccc3)cc2C(=O)O[C@H](C)C(=O)N(C)C)cc1C. The van der Waals surface area contributed by atoms with Crippen LogP contribution in [0.4, 0.5) is 0 Å². The van der Waals surface area contributed by atoms with Crippen molar-refractivity contribution in [1.82, 2.24) is 14.7 Å². The smallest absolute Gasteiger partial charge is 0.342 e. The van der Waals surface area contributed by atoms with Crippen molar-refractivity contribution >= 4 is 11.9 Å². The van der Waals surface area contributed by atoms with Crippen LogP contribution in [0.1, 0.15) is 34.0 Å². The van der Waals surface area contributed by atoms with E-state index in [2.05, 4.69) is 5.10 Å². The summed E-state index contributed by atoms with van der Waals surface area (Å²) in [4.78, 5) is 26.5. The van der Waals surface area contributed by atoms with E-state index in [0.717, 1.165) is 22.3 Å². The minimum atomic E-state index is -0.877. The maximum absolute atomic E-state index is 12.9. The summed E-state index contributed by atoms with van der Waals surface area (Å²) in [7, 11) is 3.26. The molecule has 0 fully saturated rings. The molecule has 0 saturated heterocycles. The molecule has 2 aromatic carbocycles. The molecule has 30 heavy (non-hydrogen) atoms. The van der Waals surface area contributed by atoms with Crippen molar-refractivity contribution in [3.63, 3.8) is 0 Å². The van der Waals surface area contributed by atoms with Gasteiger partial charge in [0.25, 0.3) is 5.91 Å². The molecular formula is C24H27N3O3. The van der Waals surface area contributed by atoms with E-state index >= 15 is 0 Å². The molecule has 0 N–H and O–H groups in total. The number of esters is 1. The summed E-state index contributed by atoms with van der Waals surface area (Å²) >= 11 is 0. The summed E-state index contributed by atoms with van der Waals surface area (Å²) in [5, 5.41) is 4.68. The van der Waals surface area contributed by atoms with Crippen LogP contribution < -0.4 is 0 Å². The number of benzene rings is 2. The normalized spacial score (nSPS) is 11.8. The van der Waals surface area contributed by atoms with Gasteiger partial charge in [0.1, 0.15) is 11.3 Å². The summed E-state index contributed by atoms with van der Waals surface area (Å²) in [5.41, 5.74) is 5.07. The van der Waals surface area contributed by atoms with Gasteiger partial charge in [-0.15, -0.1) is 0 Å². The molecule has 6 heteroatoms. The standard InChI is InChI=1S/C24H27N3O3/c1-16-11-12-20(13-17(16)2)22-21(24(29)30-18(3)23(28)26(4)5)15-27(25-22)14-19-9-7-6-8-10-19/h6-13,15,18H,14H2,1-5H3/t18-/m1/s1. The molecule has 0 unspecified atom stereocenters. The Morgan fingerprint density at radius 3 is 2.40 bits per heavy atom. The highest BCUT2D eigenvalue weighted by Gasteiger charge is 2.25. The fourth-order valence-corrected chi connectivity index (χ4v) is 3.16. The molecule has 1 heterocycles. The first kappa shape index (κ1) is 21.3. The van der Waals surface area contributed by atoms with E-state index in [1.165, 1.54) is 4.90 Å². The monoisotopic (exact) mass is 405 g/mol. The number of amides is 1. The Hall–Kier alpha value is -3.41. The molecule has 1 aromatic heterocycles. The lowest BCUT2D eigenvalue weighted by Gasteiger charge is -2.17. The zero-order valence-electron chi connectivity index (χ0n) is 18.0. The first-order valence-corrected chi connectivity index (χ1v) is 9.87. The van der Waals surface area contributed by atoms with Gasteiger partial charge in [-0.1, -0.05) is 42.5 Å². The number of hydrogen-bond acceptors (Lipinski definition) is 4. The average Bonchev–Trinajstić information content (AvgIpc) is 3.14. The van der Waals surface area contributed by atoms with E-state index in [1.54, 1.807) is 31.9 Å². The minimum absolute atomic E-state index is 0.271. The molecule has 156 valence electrons. The second-order valence-corrected chi connectivity index (χ2v) is 7.65. The Kier molecular flexibility index (Phi) is 6.35. The molecule has 0 saturated carbocycles. The lowest BCUT2D eigenvalue weighted by molar-refractivity contribution is -0.137. The van der Waals surface area contributed by atoms with Crippen LogP contribution >= 0.6 is 0 Å². The van der Waals surface area contributed by atoms with Crippen molar-refractivity contribution in [2.45, 2.75) is 33.4 Å². The van der Waals surface area contributed by atoms with Crippen molar-refractivity contribution in [2.75, 3.05) is 14.1 Å². The van der Waals surface area contributed by atoms with Crippen LogP contribution in [0.15, 0.2) is 54.7 Å². The third-order valence-corrected chi connectivity index (χ3v) is 5.02. The molecule has 0 spiro atoms. The molecule has 0 aliphatic carbocycles. The van der Waals surface area contributed by atoms with Crippen molar-refractivity contribution in [3.8, 4) is 11.3 Å². The molecule has 3 aromatic rings. The van der Waals surface area contributed by atoms with E-state index in [0.29, 0.717) is 17.8 Å². The van der Waals surface area contributed by atoms with E-state index < -0.39 is 12.1 Å². The van der Waals surface area contributed by atoms with Crippen LogP contribution in [0.3, 0.4) is 0 Å². The lowest BCUT2D eigenvalue weighted by Crippen LogP contribution is -2.34. The highest BCUT2D eigenvalue weighted by atomic mass is 16.5. The first-order chi connectivity index (χ1) is 14.3. The fourth-order valence-electron chi connectivity index (χ4n) is 3.16. The van der Waals surface area contributed by atoms with Gasteiger partial charge in [-0.25, -0.2) is 4.79 Å². The highest BCUT2D eigenvalue weighted by Crippen LogP contribution is 2.26. The van der Waals surface area contributed by atoms with Gasteiger partial charge >= 0.3 is 5.97 Å². The molecule has 0 bridgehead atoms. The minimum Gasteiger partial charge on any atom is -0.449 e. The maximum atomic E-state index is 12.9. The third-order valence-electron chi connectivity index (χ3n) is 5.02. The van der Waals surface area contributed by atoms with Crippen molar-refractivity contribution < 1.29 is 14.3 Å². The Morgan fingerprint density at radius 1 is 1.07 bits per heavy atom. The highest BCUT2D eigenvalue weighted by molar-refractivity contribution is 5.97. The zero-order valence-corrected chi connectivity index (χ0v) is 18.0. The van der Waals surface area contributed by atoms with Crippen LogP contribution in [0.2, 0.25) is 0 Å². The molecule has 3 rings (SSSR count). The average molecular weight is 405 g/mol. The number of carbonyl (C=O) groups is 2. The van der Waals surface area contributed by atoms with E-state index in [4.69, 9.17) is 4.74 Å². The molecule has 1 atom stereocenters. The Labute approximate surface area is 177 Å². The molecule has 6 nitrogen and oxygen atoms in total. The van der Waals surface area contributed by atoms with Gasteiger partial charge in [-0.05, 0) is 43.5 Å². The van der Waals surface area contributed by atoms with Gasteiger partial charge in [0, 0.05) is 25.9 Å². The van der Waals surface area contributed by atoms with E-state index in [9.17, 15) is 9.59 Å². The van der Waals surface area contributed by atoms with Gasteiger partial charge in [-0.3, -0.25) is 9.48 Å². The van der Waals surface area contributed by atoms with Crippen LogP contribution in [-0.2, 0) is 16.1 Å². The second-order valence-electron chi connectivity index (χ2n) is 7.65. The van der Waals surface area contributed by atoms with Crippen molar-refractivity contribution in [1.29, 1.82) is 0 Å². The largest absolute Gasteiger partial charge is 0.449 e. The van der Waals surface area contributed by atoms with Gasteiger partial charge < -0.3 is 9.64 Å². The quantitative estimate of drug-likeness (QED) is 0.585. The number of likely N-dealkylation sites (N-methyl/N-ethyl adjacent to an activating group) is 1. The van der Waals surface area contributed by atoms with Crippen LogP contribution in [0.5, 0.6) is 0 Å². The number of nitrogens with zero attached hydrogens (tertiary/aromatic N) is 3. The van der Waals surface area contributed by atoms with Crippen LogP contribution in [0.25, 0.3) is 11.3 Å². The molecule has 0 radical (unpaired) electrons. The summed E-state index contributed by atoms with van der Waals surface area (Å²) in [5.74, 6) is -0.835. The van der Waals surface area contributed by atoms with E-state index in [1.807, 2.05) is 62.4 Å². The summed E-state index contributed by atoms with van der Waals surface area (Å²) in [6.07, 6.45) is 0.810. The second kappa shape index (κ2) is 8.95. The molecule has 1 amide bonds. The molecular weight excluding hydrogens is 378 g/mol. The van der Waals surface area contributed by atoms with Crippen LogP contribution in [-0.4, -0.2) is 46.8 Å². The van der Waals surface area contributed by atoms with Crippen molar-refractivity contribution in [2.24, 2.45) is 0 Å². The Bertz CT molecular complexity index is 1050. The Morgan fingerprint density at radius 2 is 1.77 bits per heavy atom. The molecule has 0 aliphatic heterocycles. The predicted molar refractivity (Wildman–Crippen MR) is 116 cm³/mol. The number of hydrogen-bond donors (Lipinski definition) is 0. The predicted octanol–water partition coefficient (Wildman–Crippen LogP) is 3.85. The summed E-state index contributed by atoms with van der Waals surface area (Å²) in [6, 6.07) is 15.9. The van der Waals surface area contributed by atoms with Gasteiger partial charge in [0.15, 0.2) is 6.10 Å². The topological polar surface area (TPSA) is 64.4 Å². The lowest BCUT2D eigenvalue weighted by atomic mass is 10.0. The maximum Gasteiger partial charge on any atom is 0.342 e. The Balaban J connectivity index is 1.97. The summed E-state index contributed by atoms with van der Waals surface area (Å²) < 4.78 is 7.19. The number of carbonyl (C=O) groups excluding carboxylic acids is 2. The van der Waals surface area contributed by atoms with Gasteiger partial charge in [0.2, 0.25) is 0 Å². The van der Waals surface area contributed by atoms with Gasteiger partial charge in [0.05, 0.1) is 6.54 Å². The van der Waals surface area contributed by atoms with Crippen LogP contribution in [0, 0.1) is 13.8 Å². The number of aromatic nitrogens is 2.